The van der Waals surface area contributed by atoms with Gasteiger partial charge < -0.3 is 9.84 Å². The minimum Gasteiger partial charge on any atom is -0.480 e. The number of nitrogens with zero attached hydrogens (tertiary/aromatic N) is 2. The molecule has 11 heteroatoms. The molecule has 0 aliphatic rings. The Hall–Kier alpha value is -2.14. The molecule has 1 unspecified atom stereocenters. The Balaban J connectivity index is 2.86. The second-order valence-electron chi connectivity index (χ2n) is 3.66. The highest BCUT2D eigenvalue weighted by Crippen LogP contribution is 2.12. The summed E-state index contributed by atoms with van der Waals surface area (Å²) in [6.07, 6.45) is 1.34. The number of nitrogens with one attached hydrogen (secondary N) is 2. The number of carboxylic acids is 1. The molecule has 1 aromatic heterocycles. The number of carboxylic acid groups (broad SMARTS) is 1. The van der Waals surface area contributed by atoms with E-state index >= 15 is 0 Å². The fourth-order valence-corrected chi connectivity index (χ4v) is 2.19. The van der Waals surface area contributed by atoms with E-state index in [1.165, 1.54) is 28.7 Å². The van der Waals surface area contributed by atoms with Crippen molar-refractivity contribution in [3.63, 3.8) is 0 Å². The lowest BCUT2D eigenvalue weighted by atomic mass is 10.2. The number of aryl methyl sites for hydroxylation is 1. The van der Waals surface area contributed by atoms with Crippen molar-refractivity contribution in [1.82, 2.24) is 19.2 Å². The molecular formula is C9H14N4O6S. The van der Waals surface area contributed by atoms with E-state index in [1.54, 1.807) is 7.05 Å². The lowest BCUT2D eigenvalue weighted by Crippen LogP contribution is -2.44. The Kier molecular flexibility index (Phi) is 5.05. The van der Waals surface area contributed by atoms with Gasteiger partial charge in [-0.2, -0.15) is 18.2 Å². The Bertz CT molecular complexity index is 595. The van der Waals surface area contributed by atoms with E-state index in [2.05, 4.69) is 9.84 Å². The third-order valence-corrected chi connectivity index (χ3v) is 3.05. The number of hydrogen-bond donors (Lipinski definition) is 3. The third kappa shape index (κ3) is 4.51. The van der Waals surface area contributed by atoms with Gasteiger partial charge in [0, 0.05) is 18.8 Å². The number of amides is 1. The summed E-state index contributed by atoms with van der Waals surface area (Å²) < 4.78 is 32.3. The summed E-state index contributed by atoms with van der Waals surface area (Å²) in [6, 6.07) is -1.57. The SMILES string of the molecule is CCOC(=O)NS(=O)(=O)NC(C(=O)O)c1cnn(C)c1. The highest BCUT2D eigenvalue weighted by atomic mass is 32.2. The van der Waals surface area contributed by atoms with Crippen LogP contribution in [0.15, 0.2) is 12.4 Å². The molecule has 10 nitrogen and oxygen atoms in total. The maximum Gasteiger partial charge on any atom is 0.421 e. The first-order chi connectivity index (χ1) is 9.25. The monoisotopic (exact) mass is 306 g/mol. The first-order valence-electron chi connectivity index (χ1n) is 5.43. The van der Waals surface area contributed by atoms with Gasteiger partial charge in [0.15, 0.2) is 0 Å². The van der Waals surface area contributed by atoms with Crippen LogP contribution < -0.4 is 9.44 Å². The molecule has 20 heavy (non-hydrogen) atoms. The number of aromatic nitrogens is 2. The second-order valence-corrected chi connectivity index (χ2v) is 5.11. The van der Waals surface area contributed by atoms with Crippen LogP contribution in [0, 0.1) is 0 Å². The van der Waals surface area contributed by atoms with Gasteiger partial charge in [0.1, 0.15) is 6.04 Å². The van der Waals surface area contributed by atoms with Gasteiger partial charge >= 0.3 is 22.3 Å². The molecule has 1 amide bonds. The average molecular weight is 306 g/mol. The van der Waals surface area contributed by atoms with E-state index in [4.69, 9.17) is 5.11 Å². The molecule has 0 aromatic carbocycles. The normalized spacial score (nSPS) is 12.7. The molecule has 0 radical (unpaired) electrons. The molecule has 0 spiro atoms. The highest BCUT2D eigenvalue weighted by molar-refractivity contribution is 7.88. The molecule has 0 saturated heterocycles. The Morgan fingerprint density at radius 3 is 2.65 bits per heavy atom. The van der Waals surface area contributed by atoms with Crippen LogP contribution in [0.4, 0.5) is 4.79 Å². The van der Waals surface area contributed by atoms with E-state index in [0.29, 0.717) is 0 Å². The van der Waals surface area contributed by atoms with Crippen LogP contribution in [-0.2, 0) is 26.8 Å². The zero-order valence-electron chi connectivity index (χ0n) is 10.7. The lowest BCUT2D eigenvalue weighted by molar-refractivity contribution is -0.139. The standard InChI is InChI=1S/C9H14N4O6S/c1-3-19-9(16)12-20(17,18)11-7(8(14)15)6-4-10-13(2)5-6/h4-5,7,11H,3H2,1-2H3,(H,12,16)(H,14,15). The number of ether oxygens (including phenoxy) is 1. The van der Waals surface area contributed by atoms with Crippen molar-refractivity contribution in [3.8, 4) is 0 Å². The number of hydrogen-bond acceptors (Lipinski definition) is 6. The fraction of sp³-hybridized carbons (Fsp3) is 0.444. The van der Waals surface area contributed by atoms with Gasteiger partial charge in [0.25, 0.3) is 0 Å². The number of carbonyl (C=O) groups is 2. The molecule has 0 fully saturated rings. The summed E-state index contributed by atoms with van der Waals surface area (Å²) in [6.45, 7) is 1.47. The minimum absolute atomic E-state index is 0.0215. The Morgan fingerprint density at radius 1 is 1.55 bits per heavy atom. The van der Waals surface area contributed by atoms with Gasteiger partial charge in [-0.1, -0.05) is 0 Å². The van der Waals surface area contributed by atoms with E-state index in [-0.39, 0.29) is 12.2 Å². The van der Waals surface area contributed by atoms with Crippen molar-refractivity contribution >= 4 is 22.3 Å². The highest BCUT2D eigenvalue weighted by Gasteiger charge is 2.28. The van der Waals surface area contributed by atoms with Crippen molar-refractivity contribution in [2.45, 2.75) is 13.0 Å². The largest absolute Gasteiger partial charge is 0.480 e. The van der Waals surface area contributed by atoms with Gasteiger partial charge in [-0.3, -0.25) is 9.48 Å². The molecule has 0 aliphatic carbocycles. The van der Waals surface area contributed by atoms with Crippen LogP contribution in [0.25, 0.3) is 0 Å². The first kappa shape index (κ1) is 15.9. The minimum atomic E-state index is -4.38. The molecule has 0 saturated carbocycles. The maximum absolute atomic E-state index is 11.6. The van der Waals surface area contributed by atoms with E-state index < -0.39 is 28.3 Å². The second kappa shape index (κ2) is 6.34. The van der Waals surface area contributed by atoms with Crippen LogP contribution in [0.3, 0.4) is 0 Å². The topological polar surface area (TPSA) is 140 Å². The quantitative estimate of drug-likeness (QED) is 0.620. The summed E-state index contributed by atoms with van der Waals surface area (Å²) in [5, 5.41) is 12.8. The van der Waals surface area contributed by atoms with Crippen molar-refractivity contribution in [3.05, 3.63) is 18.0 Å². The van der Waals surface area contributed by atoms with Crippen molar-refractivity contribution in [1.29, 1.82) is 0 Å². The van der Waals surface area contributed by atoms with E-state index in [0.717, 1.165) is 0 Å². The number of carbonyl (C=O) groups excluding carboxylic acids is 1. The first-order valence-corrected chi connectivity index (χ1v) is 6.91. The summed E-state index contributed by atoms with van der Waals surface area (Å²) in [4.78, 5) is 22.1. The van der Waals surface area contributed by atoms with E-state index in [1.807, 2.05) is 4.72 Å². The van der Waals surface area contributed by atoms with Gasteiger partial charge in [0.2, 0.25) is 0 Å². The van der Waals surface area contributed by atoms with Crippen molar-refractivity contribution in [2.75, 3.05) is 6.61 Å². The molecule has 3 N–H and O–H groups in total. The van der Waals surface area contributed by atoms with Crippen molar-refractivity contribution in [2.24, 2.45) is 7.05 Å². The van der Waals surface area contributed by atoms with Gasteiger partial charge in [-0.25, -0.2) is 9.52 Å². The van der Waals surface area contributed by atoms with Crippen LogP contribution in [0.5, 0.6) is 0 Å². The molecule has 1 atom stereocenters. The summed E-state index contributed by atoms with van der Waals surface area (Å²) in [5.74, 6) is -1.44. The lowest BCUT2D eigenvalue weighted by Gasteiger charge is -2.13. The van der Waals surface area contributed by atoms with Crippen LogP contribution in [0.1, 0.15) is 18.5 Å². The summed E-state index contributed by atoms with van der Waals surface area (Å²) in [5.41, 5.74) is 0.120. The molecular weight excluding hydrogens is 292 g/mol. The zero-order chi connectivity index (χ0) is 15.3. The molecule has 1 heterocycles. The smallest absolute Gasteiger partial charge is 0.421 e. The molecule has 1 aromatic rings. The Labute approximate surface area is 114 Å². The van der Waals surface area contributed by atoms with Gasteiger partial charge in [-0.05, 0) is 6.92 Å². The third-order valence-electron chi connectivity index (χ3n) is 2.07. The van der Waals surface area contributed by atoms with Crippen LogP contribution in [0.2, 0.25) is 0 Å². The number of rotatable bonds is 6. The van der Waals surface area contributed by atoms with Crippen molar-refractivity contribution < 1.29 is 27.9 Å². The average Bonchev–Trinajstić information content (AvgIpc) is 2.71. The van der Waals surface area contributed by atoms with Gasteiger partial charge in [-0.15, -0.1) is 0 Å². The molecule has 0 aliphatic heterocycles. The maximum atomic E-state index is 11.6. The van der Waals surface area contributed by atoms with E-state index in [9.17, 15) is 18.0 Å². The fourth-order valence-electron chi connectivity index (χ4n) is 1.31. The predicted octanol–water partition coefficient (Wildman–Crippen LogP) is -0.874. The summed E-state index contributed by atoms with van der Waals surface area (Å²) in [7, 11) is -2.83. The van der Waals surface area contributed by atoms with Gasteiger partial charge in [0.05, 0.1) is 12.8 Å². The summed E-state index contributed by atoms with van der Waals surface area (Å²) >= 11 is 0. The molecule has 0 bridgehead atoms. The predicted molar refractivity (Wildman–Crippen MR) is 65.8 cm³/mol. The zero-order valence-corrected chi connectivity index (χ0v) is 11.5. The molecule has 112 valence electrons. The van der Waals surface area contributed by atoms with Crippen LogP contribution >= 0.6 is 0 Å². The van der Waals surface area contributed by atoms with Crippen LogP contribution in [-0.4, -0.2) is 42.0 Å². The Morgan fingerprint density at radius 2 is 2.20 bits per heavy atom. The molecule has 1 rings (SSSR count). The number of aliphatic carboxylic acids is 1.